The van der Waals surface area contributed by atoms with Gasteiger partial charge in [0, 0.05) is 13.1 Å². The van der Waals surface area contributed by atoms with Gasteiger partial charge in [0.05, 0.1) is 0 Å². The molecule has 2 N–H and O–H groups in total. The molecule has 1 atom stereocenters. The van der Waals surface area contributed by atoms with Crippen molar-refractivity contribution in [2.45, 2.75) is 52.5 Å². The molecule has 1 aliphatic heterocycles. The molecule has 0 aliphatic carbocycles. The van der Waals surface area contributed by atoms with Crippen LogP contribution in [0.25, 0.3) is 0 Å². The van der Waals surface area contributed by atoms with Gasteiger partial charge in [-0.05, 0) is 31.1 Å². The van der Waals surface area contributed by atoms with Crippen LogP contribution in [0.3, 0.4) is 0 Å². The van der Waals surface area contributed by atoms with Crippen LogP contribution >= 0.6 is 0 Å². The number of amides is 2. The lowest BCUT2D eigenvalue weighted by Gasteiger charge is -2.32. The zero-order chi connectivity index (χ0) is 14.4. The molecule has 1 saturated heterocycles. The predicted molar refractivity (Wildman–Crippen MR) is 74.0 cm³/mol. The topological polar surface area (TPSA) is 69.6 Å². The van der Waals surface area contributed by atoms with Crippen LogP contribution in [-0.2, 0) is 4.79 Å². The van der Waals surface area contributed by atoms with E-state index in [1.54, 1.807) is 4.90 Å². The Morgan fingerprint density at radius 1 is 1.32 bits per heavy atom. The summed E-state index contributed by atoms with van der Waals surface area (Å²) < 4.78 is 0. The quantitative estimate of drug-likeness (QED) is 0.805. The van der Waals surface area contributed by atoms with E-state index in [1.165, 1.54) is 0 Å². The number of nitrogens with zero attached hydrogens (tertiary/aromatic N) is 1. The Hall–Kier alpha value is -1.26. The fourth-order valence-corrected chi connectivity index (χ4v) is 2.48. The molecule has 1 rings (SSSR count). The van der Waals surface area contributed by atoms with E-state index in [4.69, 9.17) is 5.11 Å². The van der Waals surface area contributed by atoms with Crippen LogP contribution in [0.5, 0.6) is 0 Å². The highest BCUT2D eigenvalue weighted by molar-refractivity contribution is 5.82. The average Bonchev–Trinajstić information content (AvgIpc) is 2.37. The smallest absolute Gasteiger partial charge is 0.326 e. The Bertz CT molecular complexity index is 310. The number of carbonyl (C=O) groups is 2. The number of aliphatic carboxylic acids is 1. The predicted octanol–water partition coefficient (Wildman–Crippen LogP) is 2.32. The lowest BCUT2D eigenvalue weighted by molar-refractivity contribution is -0.139. The summed E-state index contributed by atoms with van der Waals surface area (Å²) in [7, 11) is 0. The van der Waals surface area contributed by atoms with Crippen LogP contribution in [-0.4, -0.2) is 41.1 Å². The number of piperidine rings is 1. The highest BCUT2D eigenvalue weighted by Crippen LogP contribution is 2.20. The van der Waals surface area contributed by atoms with Crippen LogP contribution in [0.1, 0.15) is 46.5 Å². The molecule has 0 aromatic rings. The number of likely N-dealkylation sites (tertiary alicyclic amines) is 1. The Balaban J connectivity index is 2.46. The monoisotopic (exact) mass is 270 g/mol. The Morgan fingerprint density at radius 2 is 1.89 bits per heavy atom. The van der Waals surface area contributed by atoms with Crippen LogP contribution in [0.4, 0.5) is 4.79 Å². The van der Waals surface area contributed by atoms with Crippen molar-refractivity contribution in [3.63, 3.8) is 0 Å². The van der Waals surface area contributed by atoms with E-state index in [2.05, 4.69) is 12.2 Å². The molecule has 5 heteroatoms. The number of carboxylic acids is 1. The summed E-state index contributed by atoms with van der Waals surface area (Å²) in [6.45, 7) is 7.55. The van der Waals surface area contributed by atoms with Gasteiger partial charge in [-0.3, -0.25) is 0 Å². The molecular weight excluding hydrogens is 244 g/mol. The summed E-state index contributed by atoms with van der Waals surface area (Å²) >= 11 is 0. The summed E-state index contributed by atoms with van der Waals surface area (Å²) in [6.07, 6.45) is 3.66. The number of hydrogen-bond acceptors (Lipinski definition) is 2. The third-order valence-corrected chi connectivity index (χ3v) is 3.78. The van der Waals surface area contributed by atoms with Gasteiger partial charge in [0.1, 0.15) is 6.04 Å². The van der Waals surface area contributed by atoms with Gasteiger partial charge in [0.2, 0.25) is 0 Å². The molecule has 0 spiro atoms. The Labute approximate surface area is 115 Å². The van der Waals surface area contributed by atoms with Crippen molar-refractivity contribution in [1.82, 2.24) is 10.2 Å². The summed E-state index contributed by atoms with van der Waals surface area (Å²) in [4.78, 5) is 24.9. The molecule has 0 bridgehead atoms. The molecule has 110 valence electrons. The molecule has 0 radical (unpaired) electrons. The molecule has 1 fully saturated rings. The second-order valence-corrected chi connectivity index (χ2v) is 5.81. The molecule has 0 aromatic heterocycles. The maximum Gasteiger partial charge on any atom is 0.326 e. The number of carbonyl (C=O) groups excluding carboxylic acids is 1. The maximum absolute atomic E-state index is 12.0. The minimum absolute atomic E-state index is 0.234. The van der Waals surface area contributed by atoms with Crippen LogP contribution in [0, 0.1) is 11.8 Å². The van der Waals surface area contributed by atoms with Crippen LogP contribution in [0.2, 0.25) is 0 Å². The third kappa shape index (κ3) is 5.09. The van der Waals surface area contributed by atoms with Gasteiger partial charge >= 0.3 is 12.0 Å². The molecule has 1 heterocycles. The van der Waals surface area contributed by atoms with Crippen molar-refractivity contribution in [2.75, 3.05) is 13.1 Å². The fraction of sp³-hybridized carbons (Fsp3) is 0.857. The van der Waals surface area contributed by atoms with E-state index < -0.39 is 12.0 Å². The maximum atomic E-state index is 12.0. The van der Waals surface area contributed by atoms with Gasteiger partial charge in [-0.2, -0.15) is 0 Å². The van der Waals surface area contributed by atoms with Crippen molar-refractivity contribution >= 4 is 12.0 Å². The lowest BCUT2D eigenvalue weighted by atomic mass is 9.95. The Morgan fingerprint density at radius 3 is 2.32 bits per heavy atom. The minimum atomic E-state index is -0.953. The number of carboxylic acid groups (broad SMARTS) is 1. The van der Waals surface area contributed by atoms with Crippen molar-refractivity contribution in [2.24, 2.45) is 11.8 Å². The largest absolute Gasteiger partial charge is 0.480 e. The molecule has 0 saturated carbocycles. The number of urea groups is 1. The van der Waals surface area contributed by atoms with Crippen molar-refractivity contribution in [3.8, 4) is 0 Å². The van der Waals surface area contributed by atoms with Crippen molar-refractivity contribution in [1.29, 1.82) is 0 Å². The molecule has 5 nitrogen and oxygen atoms in total. The highest BCUT2D eigenvalue weighted by Gasteiger charge is 2.26. The van der Waals surface area contributed by atoms with Crippen LogP contribution in [0.15, 0.2) is 0 Å². The van der Waals surface area contributed by atoms with Gasteiger partial charge in [-0.15, -0.1) is 0 Å². The van der Waals surface area contributed by atoms with E-state index in [0.717, 1.165) is 32.4 Å². The summed E-state index contributed by atoms with van der Waals surface area (Å²) in [5, 5.41) is 11.8. The van der Waals surface area contributed by atoms with Crippen molar-refractivity contribution in [3.05, 3.63) is 0 Å². The molecule has 19 heavy (non-hydrogen) atoms. The summed E-state index contributed by atoms with van der Waals surface area (Å²) in [6, 6.07) is -1.01. The number of hydrogen-bond donors (Lipinski definition) is 2. The van der Waals surface area contributed by atoms with Gasteiger partial charge in [0.15, 0.2) is 0 Å². The van der Waals surface area contributed by atoms with E-state index >= 15 is 0 Å². The minimum Gasteiger partial charge on any atom is -0.480 e. The van der Waals surface area contributed by atoms with E-state index in [-0.39, 0.29) is 11.9 Å². The second kappa shape index (κ2) is 7.36. The fourth-order valence-electron chi connectivity index (χ4n) is 2.48. The van der Waals surface area contributed by atoms with Gasteiger partial charge in [-0.25, -0.2) is 9.59 Å². The molecule has 2 amide bonds. The van der Waals surface area contributed by atoms with Crippen LogP contribution < -0.4 is 5.32 Å². The van der Waals surface area contributed by atoms with E-state index in [1.807, 2.05) is 13.8 Å². The first-order valence-electron chi connectivity index (χ1n) is 7.22. The van der Waals surface area contributed by atoms with Crippen molar-refractivity contribution < 1.29 is 14.7 Å². The number of rotatable bonds is 5. The lowest BCUT2D eigenvalue weighted by Crippen LogP contribution is -2.50. The highest BCUT2D eigenvalue weighted by atomic mass is 16.4. The third-order valence-electron chi connectivity index (χ3n) is 3.78. The SMILES string of the molecule is CCC1CCN(C(=O)NC(CC(C)C)C(=O)O)CC1. The normalized spacial score (nSPS) is 18.4. The second-order valence-electron chi connectivity index (χ2n) is 5.81. The Kier molecular flexibility index (Phi) is 6.12. The summed E-state index contributed by atoms with van der Waals surface area (Å²) in [5.74, 6) is -0.00675. The first-order chi connectivity index (χ1) is 8.93. The molecule has 1 aliphatic rings. The molecular formula is C14H26N2O3. The van der Waals surface area contributed by atoms with Gasteiger partial charge in [0.25, 0.3) is 0 Å². The first kappa shape index (κ1) is 15.8. The molecule has 0 aromatic carbocycles. The molecule has 1 unspecified atom stereocenters. The zero-order valence-corrected chi connectivity index (χ0v) is 12.2. The van der Waals surface area contributed by atoms with Gasteiger partial charge in [-0.1, -0.05) is 27.2 Å². The standard InChI is InChI=1S/C14H26N2O3/c1-4-11-5-7-16(8-6-11)14(19)15-12(13(17)18)9-10(2)3/h10-12H,4-9H2,1-3H3,(H,15,19)(H,17,18). The number of nitrogens with one attached hydrogen (secondary N) is 1. The van der Waals surface area contributed by atoms with Gasteiger partial charge < -0.3 is 15.3 Å². The van der Waals surface area contributed by atoms with E-state index in [0.29, 0.717) is 12.3 Å². The zero-order valence-electron chi connectivity index (χ0n) is 12.2. The summed E-state index contributed by atoms with van der Waals surface area (Å²) in [5.41, 5.74) is 0. The first-order valence-corrected chi connectivity index (χ1v) is 7.22. The van der Waals surface area contributed by atoms with E-state index in [9.17, 15) is 9.59 Å². The average molecular weight is 270 g/mol.